The Hall–Kier alpha value is -0.0800. The van der Waals surface area contributed by atoms with Crippen molar-refractivity contribution in [2.24, 2.45) is 0 Å². The van der Waals surface area contributed by atoms with Crippen molar-refractivity contribution in [3.63, 3.8) is 0 Å². The second-order valence-electron chi connectivity index (χ2n) is 3.06. The third-order valence-corrected chi connectivity index (χ3v) is 2.35. The van der Waals surface area contributed by atoms with Crippen molar-refractivity contribution in [2.75, 3.05) is 27.2 Å². The van der Waals surface area contributed by atoms with Crippen molar-refractivity contribution in [1.29, 1.82) is 0 Å². The zero-order chi connectivity index (χ0) is 6.91. The van der Waals surface area contributed by atoms with E-state index in [2.05, 4.69) is 31.2 Å². The number of hydrogen-bond acceptors (Lipinski definition) is 2. The molecular formula is C7H16N2. The van der Waals surface area contributed by atoms with Gasteiger partial charge in [-0.05, 0) is 20.5 Å². The lowest BCUT2D eigenvalue weighted by Crippen LogP contribution is -2.66. The van der Waals surface area contributed by atoms with E-state index in [0.717, 1.165) is 0 Å². The van der Waals surface area contributed by atoms with Crippen LogP contribution >= 0.6 is 0 Å². The maximum Gasteiger partial charge on any atom is 0.0432 e. The Morgan fingerprint density at radius 2 is 2.11 bits per heavy atom. The minimum atomic E-state index is 0.453. The predicted molar refractivity (Wildman–Crippen MR) is 39.6 cm³/mol. The lowest BCUT2D eigenvalue weighted by Gasteiger charge is -2.48. The molecule has 0 aromatic rings. The molecule has 2 heteroatoms. The van der Waals surface area contributed by atoms with Crippen molar-refractivity contribution in [1.82, 2.24) is 10.2 Å². The van der Waals surface area contributed by atoms with E-state index in [9.17, 15) is 0 Å². The molecule has 0 aromatic carbocycles. The van der Waals surface area contributed by atoms with E-state index in [1.54, 1.807) is 0 Å². The Morgan fingerprint density at radius 3 is 2.22 bits per heavy atom. The van der Waals surface area contributed by atoms with Crippen LogP contribution in [0.2, 0.25) is 0 Å². The molecule has 0 spiro atoms. The number of likely N-dealkylation sites (N-methyl/N-ethyl adjacent to an activating group) is 2. The van der Waals surface area contributed by atoms with Gasteiger partial charge in [-0.3, -0.25) is 0 Å². The second-order valence-corrected chi connectivity index (χ2v) is 3.06. The summed E-state index contributed by atoms with van der Waals surface area (Å²) in [7, 11) is 4.21. The highest BCUT2D eigenvalue weighted by molar-refractivity contribution is 4.99. The van der Waals surface area contributed by atoms with Crippen LogP contribution in [0.1, 0.15) is 13.3 Å². The lowest BCUT2D eigenvalue weighted by molar-refractivity contribution is 0.0690. The third kappa shape index (κ3) is 1.10. The summed E-state index contributed by atoms with van der Waals surface area (Å²) < 4.78 is 0. The zero-order valence-electron chi connectivity index (χ0n) is 6.57. The average Bonchev–Trinajstić information content (AvgIpc) is 1.81. The first-order valence-electron chi connectivity index (χ1n) is 3.60. The molecule has 1 heterocycles. The van der Waals surface area contributed by atoms with E-state index in [1.807, 2.05) is 0 Å². The first-order valence-corrected chi connectivity index (χ1v) is 3.60. The largest absolute Gasteiger partial charge is 0.312 e. The van der Waals surface area contributed by atoms with Crippen LogP contribution in [-0.4, -0.2) is 37.6 Å². The van der Waals surface area contributed by atoms with Crippen LogP contribution in [0.4, 0.5) is 0 Å². The number of rotatable bonds is 2. The van der Waals surface area contributed by atoms with Gasteiger partial charge in [0, 0.05) is 18.6 Å². The molecule has 0 atom stereocenters. The van der Waals surface area contributed by atoms with Crippen molar-refractivity contribution in [2.45, 2.75) is 18.9 Å². The van der Waals surface area contributed by atoms with E-state index in [-0.39, 0.29) is 0 Å². The van der Waals surface area contributed by atoms with Gasteiger partial charge in [0.1, 0.15) is 0 Å². The monoisotopic (exact) mass is 128 g/mol. The van der Waals surface area contributed by atoms with Gasteiger partial charge in [-0.15, -0.1) is 0 Å². The molecule has 1 N–H and O–H groups in total. The van der Waals surface area contributed by atoms with Gasteiger partial charge >= 0.3 is 0 Å². The van der Waals surface area contributed by atoms with E-state index < -0.39 is 0 Å². The Labute approximate surface area is 57.2 Å². The van der Waals surface area contributed by atoms with Gasteiger partial charge in [0.15, 0.2) is 0 Å². The molecular weight excluding hydrogens is 112 g/mol. The van der Waals surface area contributed by atoms with Gasteiger partial charge in [-0.25, -0.2) is 0 Å². The highest BCUT2D eigenvalue weighted by Crippen LogP contribution is 2.21. The first kappa shape index (κ1) is 7.03. The normalized spacial score (nSPS) is 25.7. The highest BCUT2D eigenvalue weighted by Gasteiger charge is 2.37. The number of nitrogens with zero attached hydrogens (tertiary/aromatic N) is 1. The van der Waals surface area contributed by atoms with E-state index >= 15 is 0 Å². The average molecular weight is 128 g/mol. The summed E-state index contributed by atoms with van der Waals surface area (Å²) in [4.78, 5) is 2.33. The maximum absolute atomic E-state index is 3.35. The van der Waals surface area contributed by atoms with E-state index in [1.165, 1.54) is 19.5 Å². The summed E-state index contributed by atoms with van der Waals surface area (Å²) in [6.45, 7) is 4.66. The maximum atomic E-state index is 3.35. The first-order chi connectivity index (χ1) is 4.22. The minimum Gasteiger partial charge on any atom is -0.312 e. The van der Waals surface area contributed by atoms with Gasteiger partial charge in [0.05, 0.1) is 0 Å². The molecule has 1 aliphatic rings. The van der Waals surface area contributed by atoms with Crippen LogP contribution in [0.15, 0.2) is 0 Å². The molecule has 0 bridgehead atoms. The van der Waals surface area contributed by atoms with Crippen molar-refractivity contribution >= 4 is 0 Å². The Kier molecular flexibility index (Phi) is 1.78. The molecule has 0 unspecified atom stereocenters. The van der Waals surface area contributed by atoms with E-state index in [4.69, 9.17) is 0 Å². The van der Waals surface area contributed by atoms with Crippen LogP contribution in [0, 0.1) is 0 Å². The molecule has 1 saturated heterocycles. The molecule has 1 rings (SSSR count). The molecule has 0 aliphatic carbocycles. The molecule has 2 nitrogen and oxygen atoms in total. The number of hydrogen-bond donors (Lipinski definition) is 1. The standard InChI is InChI=1S/C7H16N2/c1-4-7(8-2)5-9(3)6-7/h8H,4-6H2,1-3H3. The van der Waals surface area contributed by atoms with Crippen LogP contribution in [-0.2, 0) is 0 Å². The molecule has 9 heavy (non-hydrogen) atoms. The van der Waals surface area contributed by atoms with Crippen LogP contribution in [0.3, 0.4) is 0 Å². The third-order valence-electron chi connectivity index (χ3n) is 2.35. The molecule has 0 radical (unpaired) electrons. The van der Waals surface area contributed by atoms with Gasteiger partial charge in [0.2, 0.25) is 0 Å². The van der Waals surface area contributed by atoms with Gasteiger partial charge in [-0.2, -0.15) is 0 Å². The molecule has 0 saturated carbocycles. The fourth-order valence-electron chi connectivity index (χ4n) is 1.55. The van der Waals surface area contributed by atoms with Crippen molar-refractivity contribution < 1.29 is 0 Å². The smallest absolute Gasteiger partial charge is 0.0432 e. The number of likely N-dealkylation sites (tertiary alicyclic amines) is 1. The fraction of sp³-hybridized carbons (Fsp3) is 1.00. The topological polar surface area (TPSA) is 15.3 Å². The molecule has 1 fully saturated rings. The summed E-state index contributed by atoms with van der Waals surface area (Å²) >= 11 is 0. The van der Waals surface area contributed by atoms with Crippen LogP contribution < -0.4 is 5.32 Å². The fourth-order valence-corrected chi connectivity index (χ4v) is 1.55. The lowest BCUT2D eigenvalue weighted by atomic mass is 9.88. The summed E-state index contributed by atoms with van der Waals surface area (Å²) in [6.07, 6.45) is 1.24. The van der Waals surface area contributed by atoms with Crippen molar-refractivity contribution in [3.05, 3.63) is 0 Å². The Bertz CT molecular complexity index is 89.1. The number of nitrogens with one attached hydrogen (secondary N) is 1. The molecule has 1 aliphatic heterocycles. The van der Waals surface area contributed by atoms with Crippen molar-refractivity contribution in [3.8, 4) is 0 Å². The summed E-state index contributed by atoms with van der Waals surface area (Å²) in [5, 5.41) is 3.35. The predicted octanol–water partition coefficient (Wildman–Crippen LogP) is 0.300. The minimum absolute atomic E-state index is 0.453. The quantitative estimate of drug-likeness (QED) is 0.575. The van der Waals surface area contributed by atoms with Gasteiger partial charge in [-0.1, -0.05) is 6.92 Å². The molecule has 54 valence electrons. The summed E-state index contributed by atoms with van der Waals surface area (Å²) in [5.41, 5.74) is 0.453. The summed E-state index contributed by atoms with van der Waals surface area (Å²) in [6, 6.07) is 0. The van der Waals surface area contributed by atoms with Gasteiger partial charge in [0.25, 0.3) is 0 Å². The van der Waals surface area contributed by atoms with E-state index in [0.29, 0.717) is 5.54 Å². The Balaban J connectivity index is 2.36. The zero-order valence-corrected chi connectivity index (χ0v) is 6.57. The van der Waals surface area contributed by atoms with Gasteiger partial charge < -0.3 is 10.2 Å². The molecule has 0 aromatic heterocycles. The highest BCUT2D eigenvalue weighted by atomic mass is 15.3. The summed E-state index contributed by atoms with van der Waals surface area (Å²) in [5.74, 6) is 0. The van der Waals surface area contributed by atoms with Crippen LogP contribution in [0.5, 0.6) is 0 Å². The van der Waals surface area contributed by atoms with Crippen LogP contribution in [0.25, 0.3) is 0 Å². The second kappa shape index (κ2) is 2.27. The molecule has 0 amide bonds. The SMILES string of the molecule is CCC1(NC)CN(C)C1. The Morgan fingerprint density at radius 1 is 1.56 bits per heavy atom.